The van der Waals surface area contributed by atoms with E-state index in [4.69, 9.17) is 14.3 Å². The highest BCUT2D eigenvalue weighted by molar-refractivity contribution is 6.08. The van der Waals surface area contributed by atoms with Crippen LogP contribution in [0.2, 0.25) is 0 Å². The molecule has 1 fully saturated rings. The number of ether oxygens (including phenoxy) is 1. The number of carbonyl (C=O) groups is 2. The monoisotopic (exact) mass is 515 g/mol. The SMILES string of the molecule is O=C(Nc1c2c(nn1CCC1CC1)C[C@]1(CCc3cc(OCC(F)(F)F)ccc31)NC2=O)c1ncco1. The molecule has 1 saturated carbocycles. The number of amides is 2. The molecular formula is C25H24F3N5O4. The first-order valence-corrected chi connectivity index (χ1v) is 12.2. The van der Waals surface area contributed by atoms with Crippen LogP contribution < -0.4 is 15.4 Å². The van der Waals surface area contributed by atoms with Crippen LogP contribution >= 0.6 is 0 Å². The Morgan fingerprint density at radius 2 is 2.16 bits per heavy atom. The number of alkyl halides is 3. The number of nitrogens with one attached hydrogen (secondary N) is 2. The van der Waals surface area contributed by atoms with Gasteiger partial charge in [-0.15, -0.1) is 0 Å². The molecule has 37 heavy (non-hydrogen) atoms. The van der Waals surface area contributed by atoms with Gasteiger partial charge in [0.05, 0.1) is 17.4 Å². The van der Waals surface area contributed by atoms with Gasteiger partial charge < -0.3 is 19.8 Å². The minimum atomic E-state index is -4.42. The third-order valence-electron chi connectivity index (χ3n) is 7.19. The Kier molecular flexibility index (Phi) is 5.50. The second kappa shape index (κ2) is 8.63. The summed E-state index contributed by atoms with van der Waals surface area (Å²) in [5.74, 6) is -0.00751. The molecule has 2 aromatic heterocycles. The van der Waals surface area contributed by atoms with Crippen molar-refractivity contribution in [2.24, 2.45) is 5.92 Å². The zero-order chi connectivity index (χ0) is 25.8. The number of fused-ring (bicyclic) bond motifs is 3. The van der Waals surface area contributed by atoms with Crippen molar-refractivity contribution in [1.29, 1.82) is 0 Å². The normalized spacial score (nSPS) is 20.5. The number of rotatable bonds is 7. The topological polar surface area (TPSA) is 111 Å². The highest BCUT2D eigenvalue weighted by Gasteiger charge is 2.47. The Balaban J connectivity index is 1.30. The fourth-order valence-corrected chi connectivity index (χ4v) is 5.28. The molecule has 12 heteroatoms. The lowest BCUT2D eigenvalue weighted by Crippen LogP contribution is -2.49. The van der Waals surface area contributed by atoms with E-state index in [2.05, 4.69) is 15.6 Å². The van der Waals surface area contributed by atoms with Gasteiger partial charge in [-0.05, 0) is 48.4 Å². The van der Waals surface area contributed by atoms with Crippen molar-refractivity contribution >= 4 is 17.6 Å². The van der Waals surface area contributed by atoms with Crippen molar-refractivity contribution in [3.8, 4) is 5.75 Å². The zero-order valence-corrected chi connectivity index (χ0v) is 19.7. The van der Waals surface area contributed by atoms with Gasteiger partial charge in [0.1, 0.15) is 23.4 Å². The molecule has 1 aromatic carbocycles. The second-order valence-electron chi connectivity index (χ2n) is 9.85. The first-order valence-electron chi connectivity index (χ1n) is 12.2. The molecule has 2 amide bonds. The number of hydrogen-bond acceptors (Lipinski definition) is 6. The third-order valence-corrected chi connectivity index (χ3v) is 7.19. The van der Waals surface area contributed by atoms with Gasteiger partial charge in [-0.1, -0.05) is 18.9 Å². The van der Waals surface area contributed by atoms with Gasteiger partial charge in [0.2, 0.25) is 0 Å². The van der Waals surface area contributed by atoms with E-state index in [1.807, 2.05) is 0 Å². The Morgan fingerprint density at radius 3 is 2.89 bits per heavy atom. The average molecular weight is 515 g/mol. The van der Waals surface area contributed by atoms with Crippen molar-refractivity contribution in [1.82, 2.24) is 20.1 Å². The van der Waals surface area contributed by atoms with E-state index in [9.17, 15) is 22.8 Å². The van der Waals surface area contributed by atoms with Gasteiger partial charge in [0, 0.05) is 13.0 Å². The summed E-state index contributed by atoms with van der Waals surface area (Å²) in [6.07, 6.45) is 2.98. The summed E-state index contributed by atoms with van der Waals surface area (Å²) in [5.41, 5.74) is 1.80. The third kappa shape index (κ3) is 4.56. The highest BCUT2D eigenvalue weighted by Crippen LogP contribution is 2.44. The van der Waals surface area contributed by atoms with Gasteiger partial charge in [-0.25, -0.2) is 9.67 Å². The Morgan fingerprint density at radius 1 is 1.32 bits per heavy atom. The first kappa shape index (κ1) is 23.6. The van der Waals surface area contributed by atoms with Gasteiger partial charge in [-0.3, -0.25) is 9.59 Å². The van der Waals surface area contributed by atoms with Crippen LogP contribution in [-0.4, -0.2) is 39.4 Å². The summed E-state index contributed by atoms with van der Waals surface area (Å²) >= 11 is 0. The van der Waals surface area contributed by atoms with Gasteiger partial charge >= 0.3 is 12.1 Å². The van der Waals surface area contributed by atoms with Crippen LogP contribution in [0.5, 0.6) is 5.75 Å². The van der Waals surface area contributed by atoms with Crippen molar-refractivity contribution < 1.29 is 31.9 Å². The molecule has 9 nitrogen and oxygen atoms in total. The average Bonchev–Trinajstić information content (AvgIpc) is 3.23. The molecule has 2 N–H and O–H groups in total. The number of hydrogen-bond donors (Lipinski definition) is 2. The summed E-state index contributed by atoms with van der Waals surface area (Å²) in [6, 6.07) is 4.82. The second-order valence-corrected chi connectivity index (χ2v) is 9.85. The molecule has 6 rings (SSSR count). The lowest BCUT2D eigenvalue weighted by atomic mass is 9.82. The zero-order valence-electron chi connectivity index (χ0n) is 19.7. The Bertz CT molecular complexity index is 1360. The minimum absolute atomic E-state index is 0.121. The van der Waals surface area contributed by atoms with E-state index >= 15 is 0 Å². The molecule has 0 saturated heterocycles. The molecule has 194 valence electrons. The number of halogens is 3. The van der Waals surface area contributed by atoms with Crippen LogP contribution in [0.15, 0.2) is 35.1 Å². The Hall–Kier alpha value is -3.83. The van der Waals surface area contributed by atoms with Crippen molar-refractivity contribution in [2.75, 3.05) is 11.9 Å². The number of aryl methyl sites for hydroxylation is 2. The smallest absolute Gasteiger partial charge is 0.422 e. The number of nitrogens with zero attached hydrogens (tertiary/aromatic N) is 3. The Labute approximate surface area is 209 Å². The number of oxazole rings is 1. The van der Waals surface area contributed by atoms with Gasteiger partial charge in [0.25, 0.3) is 11.8 Å². The standard InChI is InChI=1S/C25H24F3N5O4/c26-25(27,28)13-37-16-3-4-17-15(11-16)5-7-24(17)12-18-19(21(34)31-24)20(30-22(35)23-29-8-10-36-23)33(32-18)9-6-14-1-2-14/h3-4,8,10-11,14H,1-2,5-7,9,12-13H2,(H,30,35)(H,31,34)/t24-/m0/s1. The lowest BCUT2D eigenvalue weighted by Gasteiger charge is -2.35. The molecule has 0 unspecified atom stereocenters. The van der Waals surface area contributed by atoms with Crippen LogP contribution in [0.1, 0.15) is 63.5 Å². The molecule has 3 aromatic rings. The number of benzene rings is 1. The van der Waals surface area contributed by atoms with Gasteiger partial charge in [-0.2, -0.15) is 18.3 Å². The predicted molar refractivity (Wildman–Crippen MR) is 123 cm³/mol. The van der Waals surface area contributed by atoms with Crippen LogP contribution in [0.25, 0.3) is 0 Å². The molecule has 1 aliphatic heterocycles. The molecule has 2 aliphatic carbocycles. The minimum Gasteiger partial charge on any atom is -0.484 e. The summed E-state index contributed by atoms with van der Waals surface area (Å²) in [7, 11) is 0. The van der Waals surface area contributed by atoms with E-state index in [0.29, 0.717) is 48.8 Å². The highest BCUT2D eigenvalue weighted by atomic mass is 19.4. The van der Waals surface area contributed by atoms with Gasteiger partial charge in [0.15, 0.2) is 6.61 Å². The van der Waals surface area contributed by atoms with E-state index in [-0.39, 0.29) is 17.5 Å². The maximum absolute atomic E-state index is 13.5. The fourth-order valence-electron chi connectivity index (χ4n) is 5.28. The predicted octanol–water partition coefficient (Wildman–Crippen LogP) is 3.99. The van der Waals surface area contributed by atoms with E-state index in [1.165, 1.54) is 18.5 Å². The van der Waals surface area contributed by atoms with E-state index in [0.717, 1.165) is 30.4 Å². The molecule has 3 aliphatic rings. The largest absolute Gasteiger partial charge is 0.484 e. The van der Waals surface area contributed by atoms with Crippen molar-refractivity contribution in [3.63, 3.8) is 0 Å². The molecular weight excluding hydrogens is 491 g/mol. The maximum Gasteiger partial charge on any atom is 0.422 e. The van der Waals surface area contributed by atoms with Crippen LogP contribution in [0, 0.1) is 5.92 Å². The summed E-state index contributed by atoms with van der Waals surface area (Å²) < 4.78 is 49.4. The van der Waals surface area contributed by atoms with Crippen LogP contribution in [0.4, 0.5) is 19.0 Å². The van der Waals surface area contributed by atoms with Crippen molar-refractivity contribution in [2.45, 2.75) is 56.8 Å². The van der Waals surface area contributed by atoms with Crippen molar-refractivity contribution in [3.05, 3.63) is 58.9 Å². The van der Waals surface area contributed by atoms with Crippen LogP contribution in [-0.2, 0) is 24.9 Å². The summed E-state index contributed by atoms with van der Waals surface area (Å²) in [4.78, 5) is 30.1. The summed E-state index contributed by atoms with van der Waals surface area (Å²) in [5, 5.41) is 10.6. The molecule has 0 bridgehead atoms. The molecule has 1 atom stereocenters. The molecule has 1 spiro atoms. The number of aromatic nitrogens is 3. The summed E-state index contributed by atoms with van der Waals surface area (Å²) in [6.45, 7) is -0.813. The maximum atomic E-state index is 13.5. The lowest BCUT2D eigenvalue weighted by molar-refractivity contribution is -0.153. The van der Waals surface area contributed by atoms with E-state index in [1.54, 1.807) is 16.8 Å². The number of anilines is 1. The molecule has 0 radical (unpaired) electrons. The van der Waals surface area contributed by atoms with E-state index < -0.39 is 24.2 Å². The fraction of sp³-hybridized carbons (Fsp3) is 0.440. The quantitative estimate of drug-likeness (QED) is 0.492. The molecule has 3 heterocycles. The number of carbonyl (C=O) groups excluding carboxylic acids is 2. The first-order chi connectivity index (χ1) is 17.7. The van der Waals surface area contributed by atoms with Crippen LogP contribution in [0.3, 0.4) is 0 Å².